The summed E-state index contributed by atoms with van der Waals surface area (Å²) in [6.07, 6.45) is 1.67. The number of amides is 1. The summed E-state index contributed by atoms with van der Waals surface area (Å²) in [6, 6.07) is 4.59. The summed E-state index contributed by atoms with van der Waals surface area (Å²) in [5, 5.41) is 12.7. The van der Waals surface area contributed by atoms with Crippen LogP contribution in [0.5, 0.6) is 0 Å². The number of aromatic nitrogens is 1. The average Bonchev–Trinajstić information content (AvgIpc) is 2.98. The maximum absolute atomic E-state index is 12.4. The molecule has 0 spiro atoms. The molecule has 0 bridgehead atoms. The second-order valence-electron chi connectivity index (χ2n) is 4.24. The van der Waals surface area contributed by atoms with Crippen molar-refractivity contribution in [1.82, 2.24) is 9.88 Å². The largest absolute Gasteiger partial charge is 0.312 e. The van der Waals surface area contributed by atoms with Crippen LogP contribution in [0.4, 0.5) is 0 Å². The number of rotatable bonds is 2. The highest BCUT2D eigenvalue weighted by Crippen LogP contribution is 2.39. The van der Waals surface area contributed by atoms with Gasteiger partial charge in [0.15, 0.2) is 0 Å². The summed E-state index contributed by atoms with van der Waals surface area (Å²) in [5.74, 6) is -0.261. The third-order valence-electron chi connectivity index (χ3n) is 3.08. The van der Waals surface area contributed by atoms with Crippen LogP contribution in [-0.4, -0.2) is 15.8 Å². The topological polar surface area (TPSA) is 57.0 Å². The Labute approximate surface area is 129 Å². The fraction of sp³-hybridized carbons (Fsp3) is 0.154. The van der Waals surface area contributed by atoms with Gasteiger partial charge in [-0.1, -0.05) is 23.2 Å². The molecule has 1 unspecified atom stereocenters. The third-order valence-corrected chi connectivity index (χ3v) is 4.36. The van der Waals surface area contributed by atoms with E-state index in [1.807, 2.05) is 5.38 Å². The van der Waals surface area contributed by atoms with Gasteiger partial charge in [0, 0.05) is 22.2 Å². The van der Waals surface area contributed by atoms with Crippen molar-refractivity contribution in [3.05, 3.63) is 49.9 Å². The minimum atomic E-state index is -0.683. The number of benzene rings is 1. The number of carbonyl (C=O) groups is 1. The van der Waals surface area contributed by atoms with Gasteiger partial charge in [-0.15, -0.1) is 11.3 Å². The minimum Gasteiger partial charge on any atom is -0.312 e. The first-order valence-electron chi connectivity index (χ1n) is 5.69. The molecule has 0 saturated carbocycles. The number of halogens is 2. The molecule has 0 fully saturated rings. The van der Waals surface area contributed by atoms with E-state index in [1.165, 1.54) is 22.3 Å². The van der Waals surface area contributed by atoms with Gasteiger partial charge in [0.25, 0.3) is 5.91 Å². The van der Waals surface area contributed by atoms with Crippen LogP contribution >= 0.6 is 34.5 Å². The van der Waals surface area contributed by atoms with Gasteiger partial charge in [0.2, 0.25) is 0 Å². The summed E-state index contributed by atoms with van der Waals surface area (Å²) in [5.41, 5.74) is 0.922. The third kappa shape index (κ3) is 2.06. The monoisotopic (exact) mass is 323 g/mol. The van der Waals surface area contributed by atoms with E-state index < -0.39 is 6.04 Å². The van der Waals surface area contributed by atoms with Gasteiger partial charge in [-0.05, 0) is 12.1 Å². The van der Waals surface area contributed by atoms with Crippen molar-refractivity contribution >= 4 is 40.4 Å². The lowest BCUT2D eigenvalue weighted by Gasteiger charge is -2.18. The predicted molar refractivity (Wildman–Crippen MR) is 76.8 cm³/mol. The zero-order valence-electron chi connectivity index (χ0n) is 10.0. The number of thiazole rings is 1. The number of fused-ring (bicyclic) bond motifs is 1. The van der Waals surface area contributed by atoms with Gasteiger partial charge >= 0.3 is 0 Å². The summed E-state index contributed by atoms with van der Waals surface area (Å²) in [7, 11) is 0. The Morgan fingerprint density at radius 2 is 2.25 bits per heavy atom. The number of hydrogen-bond donors (Lipinski definition) is 0. The maximum Gasteiger partial charge on any atom is 0.257 e. The first-order chi connectivity index (χ1) is 9.61. The summed E-state index contributed by atoms with van der Waals surface area (Å²) >= 11 is 13.5. The molecule has 1 aliphatic heterocycles. The van der Waals surface area contributed by atoms with E-state index in [9.17, 15) is 10.1 Å². The average molecular weight is 324 g/mol. The minimum absolute atomic E-state index is 0.261. The highest BCUT2D eigenvalue weighted by Gasteiger charge is 2.39. The van der Waals surface area contributed by atoms with Crippen LogP contribution in [0.2, 0.25) is 10.0 Å². The first kappa shape index (κ1) is 13.4. The number of carbonyl (C=O) groups excluding carboxylic acids is 1. The molecule has 1 aromatic carbocycles. The molecule has 7 heteroatoms. The van der Waals surface area contributed by atoms with Crippen molar-refractivity contribution in [3.63, 3.8) is 0 Å². The molecule has 20 heavy (non-hydrogen) atoms. The first-order valence-corrected chi connectivity index (χ1v) is 7.33. The number of nitriles is 1. The molecule has 1 aromatic heterocycles. The van der Waals surface area contributed by atoms with Crippen LogP contribution in [0.3, 0.4) is 0 Å². The van der Waals surface area contributed by atoms with E-state index in [-0.39, 0.29) is 17.5 Å². The van der Waals surface area contributed by atoms with Crippen LogP contribution in [0, 0.1) is 11.3 Å². The Morgan fingerprint density at radius 3 is 2.90 bits per heavy atom. The van der Waals surface area contributed by atoms with Crippen molar-refractivity contribution in [3.8, 4) is 6.07 Å². The molecular weight excluding hydrogens is 317 g/mol. The zero-order chi connectivity index (χ0) is 14.3. The fourth-order valence-corrected chi connectivity index (χ4v) is 3.45. The van der Waals surface area contributed by atoms with Crippen LogP contribution in [0.1, 0.15) is 27.0 Å². The Morgan fingerprint density at radius 1 is 1.45 bits per heavy atom. The van der Waals surface area contributed by atoms with E-state index in [0.717, 1.165) is 5.01 Å². The van der Waals surface area contributed by atoms with Gasteiger partial charge in [0.1, 0.15) is 11.0 Å². The normalized spacial score (nSPS) is 17.1. The van der Waals surface area contributed by atoms with Crippen molar-refractivity contribution in [2.45, 2.75) is 12.6 Å². The molecule has 2 heterocycles. The summed E-state index contributed by atoms with van der Waals surface area (Å²) in [6.45, 7) is 0.289. The quantitative estimate of drug-likeness (QED) is 0.847. The standard InChI is InChI=1S/C13H7Cl2N3OS/c14-7-3-8-10(5-16)18(6-11-17-1-2-20-11)13(19)12(8)9(15)4-7/h1-4,10H,6H2. The fourth-order valence-electron chi connectivity index (χ4n) is 2.24. The van der Waals surface area contributed by atoms with Crippen molar-refractivity contribution in [1.29, 1.82) is 5.26 Å². The summed E-state index contributed by atoms with van der Waals surface area (Å²) < 4.78 is 0. The molecule has 2 aromatic rings. The van der Waals surface area contributed by atoms with E-state index in [2.05, 4.69) is 11.1 Å². The van der Waals surface area contributed by atoms with E-state index in [1.54, 1.807) is 12.3 Å². The predicted octanol–water partition coefficient (Wildman–Crippen LogP) is 3.67. The Bertz CT molecular complexity index is 724. The van der Waals surface area contributed by atoms with Crippen LogP contribution < -0.4 is 0 Å². The number of hydrogen-bond acceptors (Lipinski definition) is 4. The SMILES string of the molecule is N#CC1c2cc(Cl)cc(Cl)c2C(=O)N1Cc1nccs1. The highest BCUT2D eigenvalue weighted by molar-refractivity contribution is 7.09. The number of nitrogens with zero attached hydrogens (tertiary/aromatic N) is 3. The molecule has 3 rings (SSSR count). The lowest BCUT2D eigenvalue weighted by atomic mass is 10.1. The zero-order valence-corrected chi connectivity index (χ0v) is 12.3. The molecule has 4 nitrogen and oxygen atoms in total. The van der Waals surface area contributed by atoms with Gasteiger partial charge < -0.3 is 4.90 Å². The second-order valence-corrected chi connectivity index (χ2v) is 6.07. The van der Waals surface area contributed by atoms with Gasteiger partial charge in [-0.2, -0.15) is 5.26 Å². The summed E-state index contributed by atoms with van der Waals surface area (Å²) in [4.78, 5) is 18.1. The lowest BCUT2D eigenvalue weighted by Crippen LogP contribution is -2.26. The molecule has 0 aliphatic carbocycles. The van der Waals surface area contributed by atoms with E-state index in [4.69, 9.17) is 23.2 Å². The van der Waals surface area contributed by atoms with Gasteiger partial charge in [-0.25, -0.2) is 4.98 Å². The van der Waals surface area contributed by atoms with Crippen molar-refractivity contribution < 1.29 is 4.79 Å². The molecule has 0 N–H and O–H groups in total. The van der Waals surface area contributed by atoms with E-state index in [0.29, 0.717) is 16.1 Å². The van der Waals surface area contributed by atoms with E-state index >= 15 is 0 Å². The Hall–Kier alpha value is -1.61. The molecule has 0 radical (unpaired) electrons. The lowest BCUT2D eigenvalue weighted by molar-refractivity contribution is 0.0744. The molecule has 1 amide bonds. The molecule has 0 saturated heterocycles. The Kier molecular flexibility index (Phi) is 3.38. The van der Waals surface area contributed by atoms with Gasteiger partial charge in [-0.3, -0.25) is 4.79 Å². The molecule has 1 aliphatic rings. The van der Waals surface area contributed by atoms with Crippen LogP contribution in [-0.2, 0) is 6.54 Å². The second kappa shape index (κ2) is 5.06. The molecular formula is C13H7Cl2N3OS. The molecule has 1 atom stereocenters. The van der Waals surface area contributed by atoms with Crippen molar-refractivity contribution in [2.24, 2.45) is 0 Å². The van der Waals surface area contributed by atoms with Crippen LogP contribution in [0.25, 0.3) is 0 Å². The van der Waals surface area contributed by atoms with Gasteiger partial charge in [0.05, 0.1) is 23.2 Å². The van der Waals surface area contributed by atoms with Crippen LogP contribution in [0.15, 0.2) is 23.7 Å². The molecule has 100 valence electrons. The Balaban J connectivity index is 2.05. The van der Waals surface area contributed by atoms with Crippen molar-refractivity contribution in [2.75, 3.05) is 0 Å². The maximum atomic E-state index is 12.4. The smallest absolute Gasteiger partial charge is 0.257 e. The highest BCUT2D eigenvalue weighted by atomic mass is 35.5.